The number of methoxy groups -OCH3 is 1. The first kappa shape index (κ1) is 20.1. The number of benzene rings is 2. The molecule has 1 aliphatic rings. The molecule has 2 aromatic carbocycles. The highest BCUT2D eigenvalue weighted by Crippen LogP contribution is 2.32. The summed E-state index contributed by atoms with van der Waals surface area (Å²) in [5.41, 5.74) is 4.34. The van der Waals surface area contributed by atoms with Gasteiger partial charge in [-0.05, 0) is 47.7 Å². The molecule has 0 spiro atoms. The Kier molecular flexibility index (Phi) is 5.82. The van der Waals surface area contributed by atoms with Crippen molar-refractivity contribution < 1.29 is 9.53 Å². The molecule has 2 amide bonds. The third kappa shape index (κ3) is 4.41. The van der Waals surface area contributed by atoms with Crippen LogP contribution in [0.3, 0.4) is 0 Å². The third-order valence-electron chi connectivity index (χ3n) is 5.32. The fraction of sp³-hybridized carbons (Fsp3) is 0.435. The lowest BCUT2D eigenvalue weighted by molar-refractivity contribution is 0.208. The molecule has 5 heteroatoms. The average molecular weight is 382 g/mol. The number of piperazine rings is 1. The third-order valence-corrected chi connectivity index (χ3v) is 5.32. The molecule has 5 nitrogen and oxygen atoms in total. The van der Waals surface area contributed by atoms with Gasteiger partial charge < -0.3 is 19.9 Å². The molecule has 1 aliphatic heterocycles. The van der Waals surface area contributed by atoms with E-state index < -0.39 is 0 Å². The number of carbonyl (C=O) groups is 1. The van der Waals surface area contributed by atoms with Crippen LogP contribution in [0.4, 0.5) is 16.2 Å². The Morgan fingerprint density at radius 2 is 1.64 bits per heavy atom. The molecule has 150 valence electrons. The number of amides is 2. The number of hydrogen-bond acceptors (Lipinski definition) is 3. The summed E-state index contributed by atoms with van der Waals surface area (Å²) in [6, 6.07) is 14.3. The first-order valence-electron chi connectivity index (χ1n) is 9.84. The van der Waals surface area contributed by atoms with Crippen LogP contribution in [0, 0.1) is 6.92 Å². The van der Waals surface area contributed by atoms with Crippen molar-refractivity contribution in [3.05, 3.63) is 53.6 Å². The zero-order chi connectivity index (χ0) is 20.3. The molecule has 1 heterocycles. The van der Waals surface area contributed by atoms with Crippen molar-refractivity contribution in [3.63, 3.8) is 0 Å². The number of ether oxygens (including phenoxy) is 1. The van der Waals surface area contributed by atoms with Gasteiger partial charge in [-0.15, -0.1) is 0 Å². The maximum Gasteiger partial charge on any atom is 0.321 e. The SMILES string of the molecule is COc1ccc(N2CCN(C(=O)Nc3c(C)cccc3C(C)(C)C)CC2)cc1. The molecule has 0 unspecified atom stereocenters. The normalized spacial score (nSPS) is 14.8. The number of nitrogens with zero attached hydrogens (tertiary/aromatic N) is 2. The predicted octanol–water partition coefficient (Wildman–Crippen LogP) is 4.66. The topological polar surface area (TPSA) is 44.8 Å². The summed E-state index contributed by atoms with van der Waals surface area (Å²) in [6.07, 6.45) is 0. The number of nitrogens with one attached hydrogen (secondary N) is 1. The summed E-state index contributed by atoms with van der Waals surface area (Å²) in [5.74, 6) is 0.856. The van der Waals surface area contributed by atoms with Crippen LogP contribution in [-0.2, 0) is 5.41 Å². The molecule has 0 atom stereocenters. The van der Waals surface area contributed by atoms with Gasteiger partial charge in [0.15, 0.2) is 0 Å². The van der Waals surface area contributed by atoms with Crippen molar-refractivity contribution in [1.82, 2.24) is 4.90 Å². The highest BCUT2D eigenvalue weighted by Gasteiger charge is 2.24. The first-order chi connectivity index (χ1) is 13.3. The number of hydrogen-bond donors (Lipinski definition) is 1. The Balaban J connectivity index is 1.65. The highest BCUT2D eigenvalue weighted by molar-refractivity contribution is 5.91. The minimum Gasteiger partial charge on any atom is -0.497 e. The lowest BCUT2D eigenvalue weighted by Gasteiger charge is -2.36. The van der Waals surface area contributed by atoms with Gasteiger partial charge in [-0.25, -0.2) is 4.79 Å². The van der Waals surface area contributed by atoms with E-state index in [2.05, 4.69) is 55.3 Å². The van der Waals surface area contributed by atoms with E-state index in [4.69, 9.17) is 4.74 Å². The number of aryl methyl sites for hydroxylation is 1. The van der Waals surface area contributed by atoms with Gasteiger partial charge in [0, 0.05) is 37.6 Å². The monoisotopic (exact) mass is 381 g/mol. The number of anilines is 2. The molecule has 1 fully saturated rings. The van der Waals surface area contributed by atoms with Gasteiger partial charge in [-0.1, -0.05) is 39.0 Å². The van der Waals surface area contributed by atoms with Crippen LogP contribution in [0.1, 0.15) is 31.9 Å². The smallest absolute Gasteiger partial charge is 0.321 e. The van der Waals surface area contributed by atoms with Gasteiger partial charge in [-0.3, -0.25) is 0 Å². The second-order valence-electron chi connectivity index (χ2n) is 8.35. The van der Waals surface area contributed by atoms with Crippen molar-refractivity contribution in [2.45, 2.75) is 33.1 Å². The maximum atomic E-state index is 12.9. The van der Waals surface area contributed by atoms with Crippen LogP contribution in [-0.4, -0.2) is 44.2 Å². The molecule has 28 heavy (non-hydrogen) atoms. The van der Waals surface area contributed by atoms with E-state index in [9.17, 15) is 4.79 Å². The van der Waals surface area contributed by atoms with Crippen LogP contribution < -0.4 is 15.0 Å². The van der Waals surface area contributed by atoms with Gasteiger partial charge in [0.25, 0.3) is 0 Å². The van der Waals surface area contributed by atoms with E-state index in [0.29, 0.717) is 13.1 Å². The molecule has 3 rings (SSSR count). The van der Waals surface area contributed by atoms with E-state index in [1.807, 2.05) is 30.0 Å². The molecular weight excluding hydrogens is 350 g/mol. The molecule has 0 aromatic heterocycles. The molecule has 1 N–H and O–H groups in total. The van der Waals surface area contributed by atoms with Crippen molar-refractivity contribution in [2.24, 2.45) is 0 Å². The standard InChI is InChI=1S/C23H31N3O2/c1-17-7-6-8-20(23(2,3)4)21(17)24-22(27)26-15-13-25(14-16-26)18-9-11-19(28-5)12-10-18/h6-12H,13-16H2,1-5H3,(H,24,27). The molecule has 0 bridgehead atoms. The van der Waals surface area contributed by atoms with Crippen molar-refractivity contribution >= 4 is 17.4 Å². The number of carbonyl (C=O) groups excluding carboxylic acids is 1. The Bertz CT molecular complexity index is 817. The van der Waals surface area contributed by atoms with Gasteiger partial charge in [0.05, 0.1) is 7.11 Å². The summed E-state index contributed by atoms with van der Waals surface area (Å²) in [7, 11) is 1.67. The maximum absolute atomic E-state index is 12.9. The predicted molar refractivity (Wildman–Crippen MR) is 116 cm³/mol. The second kappa shape index (κ2) is 8.13. The van der Waals surface area contributed by atoms with Gasteiger partial charge >= 0.3 is 6.03 Å². The molecule has 0 aliphatic carbocycles. The van der Waals surface area contributed by atoms with Crippen LogP contribution in [0.5, 0.6) is 5.75 Å². The van der Waals surface area contributed by atoms with Crippen molar-refractivity contribution in [3.8, 4) is 5.75 Å². The number of urea groups is 1. The van der Waals surface area contributed by atoms with Crippen molar-refractivity contribution in [2.75, 3.05) is 43.5 Å². The van der Waals surface area contributed by atoms with Crippen LogP contribution in [0.2, 0.25) is 0 Å². The van der Waals surface area contributed by atoms with Gasteiger partial charge in [-0.2, -0.15) is 0 Å². The average Bonchev–Trinajstić information content (AvgIpc) is 2.69. The minimum absolute atomic E-state index is 0.0193. The fourth-order valence-electron chi connectivity index (χ4n) is 3.61. The Morgan fingerprint density at radius 3 is 2.21 bits per heavy atom. The first-order valence-corrected chi connectivity index (χ1v) is 9.84. The Hall–Kier alpha value is -2.69. The van der Waals surface area contributed by atoms with Crippen LogP contribution in [0.15, 0.2) is 42.5 Å². The number of para-hydroxylation sites is 1. The zero-order valence-electron chi connectivity index (χ0n) is 17.6. The number of rotatable bonds is 3. The van der Waals surface area contributed by atoms with Gasteiger partial charge in [0.2, 0.25) is 0 Å². The molecule has 0 saturated carbocycles. The Morgan fingerprint density at radius 1 is 1.00 bits per heavy atom. The van der Waals surface area contributed by atoms with E-state index >= 15 is 0 Å². The minimum atomic E-state index is -0.0261. The zero-order valence-corrected chi connectivity index (χ0v) is 17.6. The molecular formula is C23H31N3O2. The quantitative estimate of drug-likeness (QED) is 0.841. The van der Waals surface area contributed by atoms with Crippen LogP contribution >= 0.6 is 0 Å². The summed E-state index contributed by atoms with van der Waals surface area (Å²) < 4.78 is 5.23. The summed E-state index contributed by atoms with van der Waals surface area (Å²) >= 11 is 0. The van der Waals surface area contributed by atoms with Crippen molar-refractivity contribution in [1.29, 1.82) is 0 Å². The Labute approximate surface area is 168 Å². The van der Waals surface area contributed by atoms with Crippen LogP contribution in [0.25, 0.3) is 0 Å². The van der Waals surface area contributed by atoms with E-state index in [-0.39, 0.29) is 11.4 Å². The summed E-state index contributed by atoms with van der Waals surface area (Å²) in [4.78, 5) is 17.1. The van der Waals surface area contributed by atoms with Gasteiger partial charge in [0.1, 0.15) is 5.75 Å². The molecule has 1 saturated heterocycles. The summed E-state index contributed by atoms with van der Waals surface area (Å²) in [6.45, 7) is 11.6. The highest BCUT2D eigenvalue weighted by atomic mass is 16.5. The molecule has 2 aromatic rings. The van der Waals surface area contributed by atoms with E-state index in [1.165, 1.54) is 0 Å². The largest absolute Gasteiger partial charge is 0.497 e. The second-order valence-corrected chi connectivity index (χ2v) is 8.35. The summed E-state index contributed by atoms with van der Waals surface area (Å²) in [5, 5.41) is 3.18. The van der Waals surface area contributed by atoms with E-state index in [1.54, 1.807) is 7.11 Å². The lowest BCUT2D eigenvalue weighted by atomic mass is 9.84. The molecule has 0 radical (unpaired) electrons. The lowest BCUT2D eigenvalue weighted by Crippen LogP contribution is -2.50. The fourth-order valence-corrected chi connectivity index (χ4v) is 3.61. The van der Waals surface area contributed by atoms with E-state index in [0.717, 1.165) is 41.3 Å².